The SMILES string of the molecule is COc1cc(C=O)c(-c2cc(C(=O)O)no2)cc1OC. The third-order valence-electron chi connectivity index (χ3n) is 2.68. The Kier molecular flexibility index (Phi) is 3.69. The van der Waals surface area contributed by atoms with Crippen LogP contribution in [0.4, 0.5) is 0 Å². The molecule has 104 valence electrons. The van der Waals surface area contributed by atoms with E-state index in [0.717, 1.165) is 0 Å². The van der Waals surface area contributed by atoms with Crippen LogP contribution in [0.15, 0.2) is 22.7 Å². The van der Waals surface area contributed by atoms with Crippen molar-refractivity contribution in [2.24, 2.45) is 0 Å². The molecule has 7 nitrogen and oxygen atoms in total. The number of hydrogen-bond acceptors (Lipinski definition) is 6. The van der Waals surface area contributed by atoms with Gasteiger partial charge in [-0.15, -0.1) is 0 Å². The molecule has 0 atom stereocenters. The van der Waals surface area contributed by atoms with Gasteiger partial charge in [0.1, 0.15) is 0 Å². The highest BCUT2D eigenvalue weighted by Gasteiger charge is 2.18. The smallest absolute Gasteiger partial charge is 0.358 e. The van der Waals surface area contributed by atoms with Crippen LogP contribution in [0.1, 0.15) is 20.8 Å². The first-order chi connectivity index (χ1) is 9.60. The van der Waals surface area contributed by atoms with Crippen molar-refractivity contribution in [2.45, 2.75) is 0 Å². The Morgan fingerprint density at radius 2 is 1.90 bits per heavy atom. The molecular weight excluding hydrogens is 266 g/mol. The van der Waals surface area contributed by atoms with Crippen molar-refractivity contribution in [3.8, 4) is 22.8 Å². The van der Waals surface area contributed by atoms with Crippen LogP contribution in [-0.2, 0) is 0 Å². The minimum atomic E-state index is -1.21. The average Bonchev–Trinajstić information content (AvgIpc) is 2.95. The summed E-state index contributed by atoms with van der Waals surface area (Å²) in [6, 6.07) is 4.23. The maximum Gasteiger partial charge on any atom is 0.358 e. The number of aromatic nitrogens is 1. The van der Waals surface area contributed by atoms with E-state index in [4.69, 9.17) is 19.1 Å². The van der Waals surface area contributed by atoms with Gasteiger partial charge in [0.2, 0.25) is 0 Å². The van der Waals surface area contributed by atoms with Gasteiger partial charge < -0.3 is 19.1 Å². The molecule has 0 amide bonds. The van der Waals surface area contributed by atoms with Gasteiger partial charge in [0, 0.05) is 17.2 Å². The van der Waals surface area contributed by atoms with Crippen molar-refractivity contribution in [3.63, 3.8) is 0 Å². The van der Waals surface area contributed by atoms with Crippen LogP contribution in [0.3, 0.4) is 0 Å². The van der Waals surface area contributed by atoms with Gasteiger partial charge in [-0.2, -0.15) is 0 Å². The second kappa shape index (κ2) is 5.43. The van der Waals surface area contributed by atoms with Gasteiger partial charge in [0.05, 0.1) is 14.2 Å². The van der Waals surface area contributed by atoms with Crippen molar-refractivity contribution in [1.82, 2.24) is 5.16 Å². The van der Waals surface area contributed by atoms with E-state index < -0.39 is 5.97 Å². The Hall–Kier alpha value is -2.83. The fraction of sp³-hybridized carbons (Fsp3) is 0.154. The van der Waals surface area contributed by atoms with Crippen LogP contribution in [0.5, 0.6) is 11.5 Å². The number of aromatic carboxylic acids is 1. The summed E-state index contributed by atoms with van der Waals surface area (Å²) in [6.45, 7) is 0. The van der Waals surface area contributed by atoms with Gasteiger partial charge >= 0.3 is 5.97 Å². The van der Waals surface area contributed by atoms with Gasteiger partial charge in [-0.25, -0.2) is 4.79 Å². The molecule has 0 radical (unpaired) electrons. The fourth-order valence-electron chi connectivity index (χ4n) is 1.71. The first-order valence-electron chi connectivity index (χ1n) is 5.52. The minimum Gasteiger partial charge on any atom is -0.493 e. The minimum absolute atomic E-state index is 0.158. The lowest BCUT2D eigenvalue weighted by Gasteiger charge is -2.10. The summed E-state index contributed by atoms with van der Waals surface area (Å²) in [5.41, 5.74) is 0.403. The Bertz CT molecular complexity index is 661. The van der Waals surface area contributed by atoms with Crippen LogP contribution in [0, 0.1) is 0 Å². The molecule has 0 fully saturated rings. The summed E-state index contributed by atoms with van der Waals surface area (Å²) in [7, 11) is 2.90. The normalized spacial score (nSPS) is 10.1. The quantitative estimate of drug-likeness (QED) is 0.833. The van der Waals surface area contributed by atoms with E-state index in [0.29, 0.717) is 23.3 Å². The monoisotopic (exact) mass is 277 g/mol. The molecule has 1 N–H and O–H groups in total. The molecule has 0 aliphatic heterocycles. The zero-order valence-electron chi connectivity index (χ0n) is 10.7. The lowest BCUT2D eigenvalue weighted by molar-refractivity contribution is 0.0685. The molecule has 2 rings (SSSR count). The summed E-state index contributed by atoms with van der Waals surface area (Å²) < 4.78 is 15.2. The molecule has 0 spiro atoms. The highest BCUT2D eigenvalue weighted by molar-refractivity contribution is 5.90. The van der Waals surface area contributed by atoms with Gasteiger partial charge in [0.25, 0.3) is 0 Å². The van der Waals surface area contributed by atoms with E-state index in [1.807, 2.05) is 0 Å². The Balaban J connectivity index is 2.59. The van der Waals surface area contributed by atoms with Crippen LogP contribution >= 0.6 is 0 Å². The highest BCUT2D eigenvalue weighted by atomic mass is 16.5. The third-order valence-corrected chi connectivity index (χ3v) is 2.68. The molecule has 20 heavy (non-hydrogen) atoms. The summed E-state index contributed by atoms with van der Waals surface area (Å²) >= 11 is 0. The van der Waals surface area contributed by atoms with E-state index in [-0.39, 0.29) is 17.0 Å². The van der Waals surface area contributed by atoms with Crippen LogP contribution in [0.2, 0.25) is 0 Å². The Morgan fingerprint density at radius 3 is 2.40 bits per heavy atom. The molecule has 2 aromatic rings. The number of rotatable bonds is 5. The van der Waals surface area contributed by atoms with Crippen molar-refractivity contribution in [1.29, 1.82) is 0 Å². The van der Waals surface area contributed by atoms with E-state index in [1.54, 1.807) is 0 Å². The fourth-order valence-corrected chi connectivity index (χ4v) is 1.71. The van der Waals surface area contributed by atoms with Gasteiger partial charge in [-0.3, -0.25) is 4.79 Å². The largest absolute Gasteiger partial charge is 0.493 e. The van der Waals surface area contributed by atoms with Gasteiger partial charge in [-0.05, 0) is 12.1 Å². The standard InChI is InChI=1S/C13H11NO6/c1-18-11-3-7(6-15)8(4-12(11)19-2)10-5-9(13(16)17)14-20-10/h3-6H,1-2H3,(H,16,17). The Labute approximate surface area is 113 Å². The first-order valence-corrected chi connectivity index (χ1v) is 5.52. The van der Waals surface area contributed by atoms with Crippen LogP contribution in [0.25, 0.3) is 11.3 Å². The molecule has 0 aliphatic carbocycles. The molecule has 0 saturated carbocycles. The number of methoxy groups -OCH3 is 2. The van der Waals surface area contributed by atoms with E-state index in [9.17, 15) is 9.59 Å². The first kappa shape index (κ1) is 13.6. The number of carboxylic acid groups (broad SMARTS) is 1. The maximum atomic E-state index is 11.1. The molecule has 0 saturated heterocycles. The summed E-state index contributed by atoms with van der Waals surface area (Å²) in [5, 5.41) is 12.2. The van der Waals surface area contributed by atoms with Crippen molar-refractivity contribution >= 4 is 12.3 Å². The number of hydrogen-bond donors (Lipinski definition) is 1. The lowest BCUT2D eigenvalue weighted by Crippen LogP contribution is -1.95. The van der Waals surface area contributed by atoms with E-state index in [2.05, 4.69) is 5.16 Å². The zero-order valence-corrected chi connectivity index (χ0v) is 10.7. The number of ether oxygens (including phenoxy) is 2. The Morgan fingerprint density at radius 1 is 1.25 bits per heavy atom. The van der Waals surface area contributed by atoms with Crippen molar-refractivity contribution < 1.29 is 28.7 Å². The van der Waals surface area contributed by atoms with Crippen LogP contribution < -0.4 is 9.47 Å². The average molecular weight is 277 g/mol. The number of aldehydes is 1. The zero-order chi connectivity index (χ0) is 14.7. The van der Waals surface area contributed by atoms with Crippen LogP contribution in [-0.4, -0.2) is 36.7 Å². The molecule has 1 aromatic heterocycles. The number of carbonyl (C=O) groups excluding carboxylic acids is 1. The highest BCUT2D eigenvalue weighted by Crippen LogP contribution is 2.35. The number of carbonyl (C=O) groups is 2. The van der Waals surface area contributed by atoms with Gasteiger partial charge in [-0.1, -0.05) is 5.16 Å². The molecular formula is C13H11NO6. The summed E-state index contributed by atoms with van der Waals surface area (Å²) in [4.78, 5) is 21.9. The molecule has 0 aliphatic rings. The predicted octanol–water partition coefficient (Wildman–Crippen LogP) is 1.87. The summed E-state index contributed by atoms with van der Waals surface area (Å²) in [5.74, 6) is -0.281. The molecule has 1 heterocycles. The predicted molar refractivity (Wildman–Crippen MR) is 67.4 cm³/mol. The lowest BCUT2D eigenvalue weighted by atomic mass is 10.0. The maximum absolute atomic E-state index is 11.1. The third kappa shape index (κ3) is 2.33. The second-order valence-electron chi connectivity index (χ2n) is 3.79. The summed E-state index contributed by atoms with van der Waals surface area (Å²) in [6.07, 6.45) is 0.611. The molecule has 0 bridgehead atoms. The van der Waals surface area contributed by atoms with Gasteiger partial charge in [0.15, 0.2) is 29.2 Å². The van der Waals surface area contributed by atoms with E-state index >= 15 is 0 Å². The molecule has 0 unspecified atom stereocenters. The second-order valence-corrected chi connectivity index (χ2v) is 3.79. The molecule has 7 heteroatoms. The molecule has 1 aromatic carbocycles. The van der Waals surface area contributed by atoms with Crippen molar-refractivity contribution in [3.05, 3.63) is 29.5 Å². The number of carboxylic acids is 1. The number of nitrogens with zero attached hydrogens (tertiary/aromatic N) is 1. The topological polar surface area (TPSA) is 98.9 Å². The van der Waals surface area contributed by atoms with Crippen molar-refractivity contribution in [2.75, 3.05) is 14.2 Å². The number of benzene rings is 1. The van der Waals surface area contributed by atoms with E-state index in [1.165, 1.54) is 32.4 Å².